The third kappa shape index (κ3) is 15.3. The lowest BCUT2D eigenvalue weighted by Crippen LogP contribution is -1.93. The van der Waals surface area contributed by atoms with Gasteiger partial charge in [-0.1, -0.05) is 110 Å². The Bertz CT molecular complexity index is 483. The number of phenolic OH excluding ortho intramolecular Hbond substituents is 1. The summed E-state index contributed by atoms with van der Waals surface area (Å²) in [5, 5.41) is 9.78. The first kappa shape index (κ1) is 25.9. The molecule has 0 spiro atoms. The third-order valence-electron chi connectivity index (χ3n) is 5.83. The van der Waals surface area contributed by atoms with E-state index in [1.54, 1.807) is 6.07 Å². The third-order valence-corrected chi connectivity index (χ3v) is 5.83. The summed E-state index contributed by atoms with van der Waals surface area (Å²) >= 11 is 0. The van der Waals surface area contributed by atoms with Crippen LogP contribution in [0.5, 0.6) is 11.5 Å². The molecule has 0 saturated carbocycles. The highest BCUT2D eigenvalue weighted by Gasteiger charge is 2.01. The largest absolute Gasteiger partial charge is 0.508 e. The summed E-state index contributed by atoms with van der Waals surface area (Å²) in [4.78, 5) is 0. The standard InChI is InChI=1S/C27H48O2/c1-3-5-6-7-8-9-10-11-12-13-14-15-16-17-18-19-20-21-25-22-26(28)24-27(23-25)29-4-2/h22-24,28H,3-21H2,1-2H3. The molecule has 0 aliphatic heterocycles. The molecule has 0 aromatic heterocycles. The Morgan fingerprint density at radius 3 is 1.48 bits per heavy atom. The van der Waals surface area contributed by atoms with E-state index in [1.165, 1.54) is 115 Å². The van der Waals surface area contributed by atoms with Crippen LogP contribution in [-0.4, -0.2) is 11.7 Å². The lowest BCUT2D eigenvalue weighted by molar-refractivity contribution is 0.337. The molecule has 2 nitrogen and oxygen atoms in total. The number of ether oxygens (including phenoxy) is 1. The Morgan fingerprint density at radius 2 is 1.03 bits per heavy atom. The summed E-state index contributed by atoms with van der Waals surface area (Å²) in [5.41, 5.74) is 1.19. The van der Waals surface area contributed by atoms with Gasteiger partial charge in [0.25, 0.3) is 0 Å². The zero-order chi connectivity index (χ0) is 21.0. The fraction of sp³-hybridized carbons (Fsp3) is 0.778. The number of unbranched alkanes of at least 4 members (excludes halogenated alkanes) is 16. The van der Waals surface area contributed by atoms with Crippen molar-refractivity contribution in [2.45, 2.75) is 129 Å². The van der Waals surface area contributed by atoms with Crippen molar-refractivity contribution in [1.29, 1.82) is 0 Å². The van der Waals surface area contributed by atoms with Gasteiger partial charge in [-0.3, -0.25) is 0 Å². The van der Waals surface area contributed by atoms with E-state index in [9.17, 15) is 5.11 Å². The lowest BCUT2D eigenvalue weighted by Gasteiger charge is -2.08. The number of phenols is 1. The molecule has 0 radical (unpaired) electrons. The first-order valence-corrected chi connectivity index (χ1v) is 12.7. The van der Waals surface area contributed by atoms with Gasteiger partial charge in [0.2, 0.25) is 0 Å². The molecule has 0 aliphatic carbocycles. The Hall–Kier alpha value is -1.18. The van der Waals surface area contributed by atoms with Gasteiger partial charge in [0.05, 0.1) is 6.61 Å². The molecule has 1 rings (SSSR count). The molecule has 0 amide bonds. The van der Waals surface area contributed by atoms with Crippen LogP contribution in [-0.2, 0) is 6.42 Å². The maximum atomic E-state index is 9.78. The fourth-order valence-electron chi connectivity index (χ4n) is 4.09. The molecular formula is C27H48O2. The first-order valence-electron chi connectivity index (χ1n) is 12.7. The van der Waals surface area contributed by atoms with Crippen molar-refractivity contribution < 1.29 is 9.84 Å². The Kier molecular flexibility index (Phi) is 16.8. The zero-order valence-electron chi connectivity index (χ0n) is 19.5. The highest BCUT2D eigenvalue weighted by atomic mass is 16.5. The molecule has 1 aromatic rings. The minimum Gasteiger partial charge on any atom is -0.508 e. The molecule has 0 atom stereocenters. The summed E-state index contributed by atoms with van der Waals surface area (Å²) in [6, 6.07) is 5.63. The number of hydrogen-bond acceptors (Lipinski definition) is 2. The van der Waals surface area contributed by atoms with Gasteiger partial charge in [-0.2, -0.15) is 0 Å². The predicted molar refractivity (Wildman–Crippen MR) is 127 cm³/mol. The van der Waals surface area contributed by atoms with E-state index in [1.807, 2.05) is 13.0 Å². The van der Waals surface area contributed by atoms with Crippen LogP contribution in [0.2, 0.25) is 0 Å². The maximum absolute atomic E-state index is 9.78. The second kappa shape index (κ2) is 18.8. The molecule has 0 unspecified atom stereocenters. The van der Waals surface area contributed by atoms with Crippen LogP contribution in [0, 0.1) is 0 Å². The molecule has 168 valence electrons. The van der Waals surface area contributed by atoms with Crippen molar-refractivity contribution in [3.05, 3.63) is 23.8 Å². The van der Waals surface area contributed by atoms with Crippen LogP contribution in [0.1, 0.15) is 129 Å². The van der Waals surface area contributed by atoms with E-state index in [2.05, 4.69) is 13.0 Å². The van der Waals surface area contributed by atoms with Crippen LogP contribution in [0.4, 0.5) is 0 Å². The van der Waals surface area contributed by atoms with Crippen LogP contribution >= 0.6 is 0 Å². The van der Waals surface area contributed by atoms with Crippen molar-refractivity contribution in [1.82, 2.24) is 0 Å². The average Bonchev–Trinajstić information content (AvgIpc) is 2.70. The summed E-state index contributed by atoms with van der Waals surface area (Å²) in [6.45, 7) is 4.90. The molecule has 1 aromatic carbocycles. The maximum Gasteiger partial charge on any atom is 0.123 e. The van der Waals surface area contributed by atoms with Gasteiger partial charge in [-0.25, -0.2) is 0 Å². The average molecular weight is 405 g/mol. The van der Waals surface area contributed by atoms with Crippen molar-refractivity contribution >= 4 is 0 Å². The molecule has 0 fully saturated rings. The zero-order valence-corrected chi connectivity index (χ0v) is 19.5. The van der Waals surface area contributed by atoms with E-state index in [0.717, 1.165) is 12.2 Å². The van der Waals surface area contributed by atoms with Crippen molar-refractivity contribution in [2.75, 3.05) is 6.61 Å². The molecule has 0 aliphatic rings. The number of aromatic hydroxyl groups is 1. The lowest BCUT2D eigenvalue weighted by atomic mass is 10.0. The van der Waals surface area contributed by atoms with Gasteiger partial charge in [0.1, 0.15) is 11.5 Å². The van der Waals surface area contributed by atoms with Crippen molar-refractivity contribution in [2.24, 2.45) is 0 Å². The van der Waals surface area contributed by atoms with Gasteiger partial charge in [0, 0.05) is 6.07 Å². The number of hydrogen-bond donors (Lipinski definition) is 1. The topological polar surface area (TPSA) is 29.5 Å². The summed E-state index contributed by atoms with van der Waals surface area (Å²) < 4.78 is 5.50. The fourth-order valence-corrected chi connectivity index (χ4v) is 4.09. The molecule has 0 saturated heterocycles. The Labute approximate surface area is 181 Å². The molecule has 2 heteroatoms. The Balaban J connectivity index is 1.85. The predicted octanol–water partition coefficient (Wildman–Crippen LogP) is 8.99. The van der Waals surface area contributed by atoms with E-state index in [0.29, 0.717) is 12.4 Å². The summed E-state index contributed by atoms with van der Waals surface area (Å²) in [7, 11) is 0. The van der Waals surface area contributed by atoms with E-state index >= 15 is 0 Å². The number of rotatable bonds is 20. The molecule has 29 heavy (non-hydrogen) atoms. The molecule has 0 heterocycles. The van der Waals surface area contributed by atoms with E-state index < -0.39 is 0 Å². The molecule has 1 N–H and O–H groups in total. The van der Waals surface area contributed by atoms with Crippen molar-refractivity contribution in [3.63, 3.8) is 0 Å². The quantitative estimate of drug-likeness (QED) is 0.220. The monoisotopic (exact) mass is 404 g/mol. The summed E-state index contributed by atoms with van der Waals surface area (Å²) in [5.74, 6) is 1.10. The minimum absolute atomic E-state index is 0.318. The van der Waals surface area contributed by atoms with Gasteiger partial charge in [-0.15, -0.1) is 0 Å². The highest BCUT2D eigenvalue weighted by Crippen LogP contribution is 2.23. The van der Waals surface area contributed by atoms with Crippen LogP contribution in [0.15, 0.2) is 18.2 Å². The van der Waals surface area contributed by atoms with E-state index in [4.69, 9.17) is 4.74 Å². The Morgan fingerprint density at radius 1 is 0.586 bits per heavy atom. The van der Waals surface area contributed by atoms with Gasteiger partial charge < -0.3 is 9.84 Å². The SMILES string of the molecule is CCCCCCCCCCCCCCCCCCCc1cc(O)cc(OCC)c1. The van der Waals surface area contributed by atoms with Crippen molar-refractivity contribution in [3.8, 4) is 11.5 Å². The normalized spacial score (nSPS) is 11.1. The molecule has 0 bridgehead atoms. The number of aryl methyl sites for hydroxylation is 1. The van der Waals surface area contributed by atoms with Gasteiger partial charge >= 0.3 is 0 Å². The van der Waals surface area contributed by atoms with Crippen LogP contribution in [0.25, 0.3) is 0 Å². The van der Waals surface area contributed by atoms with Crippen LogP contribution < -0.4 is 4.74 Å². The minimum atomic E-state index is 0.318. The highest BCUT2D eigenvalue weighted by molar-refractivity contribution is 5.37. The van der Waals surface area contributed by atoms with Gasteiger partial charge in [-0.05, 0) is 37.5 Å². The summed E-state index contributed by atoms with van der Waals surface area (Å²) in [6.07, 6.45) is 24.9. The second-order valence-electron chi connectivity index (χ2n) is 8.68. The first-order chi connectivity index (χ1) is 14.3. The number of benzene rings is 1. The molecular weight excluding hydrogens is 356 g/mol. The smallest absolute Gasteiger partial charge is 0.123 e. The second-order valence-corrected chi connectivity index (χ2v) is 8.68. The van der Waals surface area contributed by atoms with Gasteiger partial charge in [0.15, 0.2) is 0 Å². The van der Waals surface area contributed by atoms with E-state index in [-0.39, 0.29) is 0 Å². The van der Waals surface area contributed by atoms with Crippen LogP contribution in [0.3, 0.4) is 0 Å².